The lowest BCUT2D eigenvalue weighted by Gasteiger charge is -2.16. The van der Waals surface area contributed by atoms with E-state index in [4.69, 9.17) is 4.74 Å². The largest absolute Gasteiger partial charge is 0.462 e. The molecule has 4 rings (SSSR count). The molecule has 0 unspecified atom stereocenters. The van der Waals surface area contributed by atoms with Gasteiger partial charge < -0.3 is 10.1 Å². The van der Waals surface area contributed by atoms with Crippen LogP contribution in [0, 0.1) is 10.5 Å². The molecule has 0 fully saturated rings. The molecule has 2 amide bonds. The molecule has 1 aliphatic heterocycles. The van der Waals surface area contributed by atoms with Crippen molar-refractivity contribution in [3.8, 4) is 0 Å². The fraction of sp³-hybridized carbons (Fsp3) is 0.148. The highest BCUT2D eigenvalue weighted by molar-refractivity contribution is 14.1. The smallest absolute Gasteiger partial charge is 0.338 e. The fourth-order valence-electron chi connectivity index (χ4n) is 3.38. The van der Waals surface area contributed by atoms with Crippen LogP contribution < -0.4 is 10.2 Å². The zero-order valence-electron chi connectivity index (χ0n) is 19.2. The molecule has 1 heterocycles. The normalized spacial score (nSPS) is 13.4. The molecule has 6 nitrogen and oxygen atoms in total. The molecule has 0 bridgehead atoms. The summed E-state index contributed by atoms with van der Waals surface area (Å²) in [5.41, 5.74) is 2.77. The highest BCUT2D eigenvalue weighted by Crippen LogP contribution is 2.38. The Morgan fingerprint density at radius 3 is 2.23 bits per heavy atom. The van der Waals surface area contributed by atoms with Gasteiger partial charge in [0.25, 0.3) is 11.8 Å². The Morgan fingerprint density at radius 1 is 0.943 bits per heavy atom. The Bertz CT molecular complexity index is 1220. The molecule has 178 valence electrons. The summed E-state index contributed by atoms with van der Waals surface area (Å²) in [5, 5.41) is 3.15. The number of esters is 1. The molecule has 1 aliphatic rings. The predicted molar refractivity (Wildman–Crippen MR) is 146 cm³/mol. The van der Waals surface area contributed by atoms with Crippen molar-refractivity contribution in [2.45, 2.75) is 25.2 Å². The lowest BCUT2D eigenvalue weighted by atomic mass is 10.2. The number of rotatable bonds is 8. The minimum atomic E-state index is -0.454. The lowest BCUT2D eigenvalue weighted by Crippen LogP contribution is -2.32. The van der Waals surface area contributed by atoms with Crippen LogP contribution in [-0.4, -0.2) is 24.4 Å². The quantitative estimate of drug-likeness (QED) is 0.190. The van der Waals surface area contributed by atoms with Crippen molar-refractivity contribution in [2.24, 2.45) is 0 Å². The van der Waals surface area contributed by atoms with Crippen LogP contribution in [0.3, 0.4) is 0 Å². The summed E-state index contributed by atoms with van der Waals surface area (Å²) < 4.78 is 6.22. The summed E-state index contributed by atoms with van der Waals surface area (Å²) in [4.78, 5) is 41.4. The van der Waals surface area contributed by atoms with Gasteiger partial charge in [-0.2, -0.15) is 0 Å². The van der Waals surface area contributed by atoms with Crippen molar-refractivity contribution >= 4 is 63.5 Å². The molecule has 0 spiro atoms. The standard InChI is InChI=1S/C27H23IN2O4S/c1-3-16-34-27(33)18-6-12-21(13-7-18)30-25(31)23(29-20-10-8-19(28)9-11-20)24(26(30)32)35-22-14-4-17(2)5-15-22/h4-15,29H,3,16H2,1-2H3. The minimum absolute atomic E-state index is 0.216. The summed E-state index contributed by atoms with van der Waals surface area (Å²) in [6, 6.07) is 21.6. The van der Waals surface area contributed by atoms with E-state index in [-0.39, 0.29) is 5.70 Å². The zero-order valence-corrected chi connectivity index (χ0v) is 22.2. The van der Waals surface area contributed by atoms with E-state index >= 15 is 0 Å². The first-order valence-corrected chi connectivity index (χ1v) is 12.9. The average molecular weight is 598 g/mol. The molecule has 0 saturated heterocycles. The Kier molecular flexibility index (Phi) is 7.92. The third kappa shape index (κ3) is 5.76. The molecule has 1 N–H and O–H groups in total. The van der Waals surface area contributed by atoms with Crippen LogP contribution >= 0.6 is 34.4 Å². The topological polar surface area (TPSA) is 75.7 Å². The van der Waals surface area contributed by atoms with Crippen LogP contribution in [0.2, 0.25) is 0 Å². The third-order valence-corrected chi connectivity index (χ3v) is 7.00. The van der Waals surface area contributed by atoms with Gasteiger partial charge in [0.2, 0.25) is 0 Å². The van der Waals surface area contributed by atoms with Gasteiger partial charge in [-0.25, -0.2) is 9.69 Å². The number of anilines is 2. The van der Waals surface area contributed by atoms with Gasteiger partial charge in [0.15, 0.2) is 0 Å². The molecule has 0 radical (unpaired) electrons. The van der Waals surface area contributed by atoms with Gasteiger partial charge in [0.1, 0.15) is 10.6 Å². The summed E-state index contributed by atoms with van der Waals surface area (Å²) in [7, 11) is 0. The van der Waals surface area contributed by atoms with E-state index in [1.54, 1.807) is 24.3 Å². The molecule has 0 aromatic heterocycles. The first kappa shape index (κ1) is 25.0. The van der Waals surface area contributed by atoms with Crippen LogP contribution in [0.1, 0.15) is 29.3 Å². The van der Waals surface area contributed by atoms with E-state index in [0.29, 0.717) is 28.5 Å². The number of hydrogen-bond acceptors (Lipinski definition) is 6. The number of carbonyl (C=O) groups is 3. The highest BCUT2D eigenvalue weighted by Gasteiger charge is 2.40. The number of imide groups is 1. The Labute approximate surface area is 221 Å². The van der Waals surface area contributed by atoms with E-state index in [2.05, 4.69) is 27.9 Å². The average Bonchev–Trinajstić information content (AvgIpc) is 3.09. The molecular weight excluding hydrogens is 575 g/mol. The maximum absolute atomic E-state index is 13.5. The minimum Gasteiger partial charge on any atom is -0.462 e. The second-order valence-corrected chi connectivity index (χ2v) is 10.2. The van der Waals surface area contributed by atoms with Crippen LogP contribution in [-0.2, 0) is 14.3 Å². The summed E-state index contributed by atoms with van der Waals surface area (Å²) >= 11 is 3.46. The number of thioether (sulfide) groups is 1. The highest BCUT2D eigenvalue weighted by atomic mass is 127. The maximum atomic E-state index is 13.5. The Hall–Kier alpha value is -3.11. The molecular formula is C27H23IN2O4S. The Balaban J connectivity index is 1.65. The summed E-state index contributed by atoms with van der Waals surface area (Å²) in [6.07, 6.45) is 0.726. The van der Waals surface area contributed by atoms with Crippen LogP contribution in [0.15, 0.2) is 88.3 Å². The second kappa shape index (κ2) is 11.1. The number of aryl methyl sites for hydroxylation is 1. The number of nitrogens with zero attached hydrogens (tertiary/aromatic N) is 1. The van der Waals surface area contributed by atoms with Gasteiger partial charge in [0, 0.05) is 14.2 Å². The lowest BCUT2D eigenvalue weighted by molar-refractivity contribution is -0.120. The van der Waals surface area contributed by atoms with Crippen LogP contribution in [0.5, 0.6) is 0 Å². The number of halogens is 1. The van der Waals surface area contributed by atoms with Crippen molar-refractivity contribution in [3.05, 3.63) is 98.1 Å². The van der Waals surface area contributed by atoms with Crippen molar-refractivity contribution in [1.29, 1.82) is 0 Å². The number of carbonyl (C=O) groups excluding carboxylic acids is 3. The van der Waals surface area contributed by atoms with Gasteiger partial charge in [-0.1, -0.05) is 36.4 Å². The molecule has 3 aromatic rings. The third-order valence-electron chi connectivity index (χ3n) is 5.19. The molecule has 0 aliphatic carbocycles. The van der Waals surface area contributed by atoms with Gasteiger partial charge in [-0.15, -0.1) is 0 Å². The number of ether oxygens (including phenoxy) is 1. The first-order valence-electron chi connectivity index (χ1n) is 11.0. The van der Waals surface area contributed by atoms with E-state index < -0.39 is 17.8 Å². The van der Waals surface area contributed by atoms with Crippen molar-refractivity contribution < 1.29 is 19.1 Å². The van der Waals surface area contributed by atoms with Gasteiger partial charge >= 0.3 is 5.97 Å². The summed E-state index contributed by atoms with van der Waals surface area (Å²) in [6.45, 7) is 4.24. The van der Waals surface area contributed by atoms with Gasteiger partial charge in [0.05, 0.1) is 17.9 Å². The number of amides is 2. The van der Waals surface area contributed by atoms with E-state index in [1.165, 1.54) is 11.8 Å². The van der Waals surface area contributed by atoms with E-state index in [9.17, 15) is 14.4 Å². The monoisotopic (exact) mass is 598 g/mol. The number of benzene rings is 3. The fourth-order valence-corrected chi connectivity index (χ4v) is 4.66. The van der Waals surface area contributed by atoms with Crippen molar-refractivity contribution in [2.75, 3.05) is 16.8 Å². The number of nitrogens with one attached hydrogen (secondary N) is 1. The van der Waals surface area contributed by atoms with Crippen LogP contribution in [0.25, 0.3) is 0 Å². The van der Waals surface area contributed by atoms with E-state index in [1.807, 2.05) is 62.4 Å². The Morgan fingerprint density at radius 2 is 1.60 bits per heavy atom. The SMILES string of the molecule is CCCOC(=O)c1ccc(N2C(=O)C(Nc3ccc(I)cc3)=C(Sc3ccc(C)cc3)C2=O)cc1. The molecule has 0 saturated carbocycles. The molecule has 3 aromatic carbocycles. The van der Waals surface area contributed by atoms with Crippen molar-refractivity contribution in [1.82, 2.24) is 0 Å². The maximum Gasteiger partial charge on any atom is 0.338 e. The summed E-state index contributed by atoms with van der Waals surface area (Å²) in [5.74, 6) is -1.31. The molecule has 35 heavy (non-hydrogen) atoms. The van der Waals surface area contributed by atoms with Crippen molar-refractivity contribution in [3.63, 3.8) is 0 Å². The van der Waals surface area contributed by atoms with Gasteiger partial charge in [-0.05, 0) is 96.6 Å². The van der Waals surface area contributed by atoms with E-state index in [0.717, 1.165) is 25.3 Å². The molecule has 8 heteroatoms. The molecule has 0 atom stereocenters. The van der Waals surface area contributed by atoms with Crippen LogP contribution in [0.4, 0.5) is 11.4 Å². The van der Waals surface area contributed by atoms with Gasteiger partial charge in [-0.3, -0.25) is 9.59 Å². The first-order chi connectivity index (χ1) is 16.9. The number of hydrogen-bond donors (Lipinski definition) is 1. The zero-order chi connectivity index (χ0) is 24.9. The predicted octanol–water partition coefficient (Wildman–Crippen LogP) is 6.16. The second-order valence-electron chi connectivity index (χ2n) is 7.88.